The molecule has 1 aromatic carbocycles. The van der Waals surface area contributed by atoms with Crippen LogP contribution in [0.4, 0.5) is 0 Å². The number of hydrogen-bond donors (Lipinski definition) is 1. The molecular formula is C13H15NO3. The number of ether oxygens (including phenoxy) is 1. The fourth-order valence-electron chi connectivity index (χ4n) is 1.66. The molecule has 0 aliphatic carbocycles. The second-order valence-corrected chi connectivity index (χ2v) is 4.06. The molecule has 17 heavy (non-hydrogen) atoms. The smallest absolute Gasteiger partial charge is 0.325 e. The SMILES string of the molecule is COc1ccc(C(C#N)C(=O)O)cc1C(C)C. The van der Waals surface area contributed by atoms with Gasteiger partial charge in [-0.1, -0.05) is 19.9 Å². The number of rotatable bonds is 4. The summed E-state index contributed by atoms with van der Waals surface area (Å²) in [6.07, 6.45) is 0. The van der Waals surface area contributed by atoms with E-state index in [4.69, 9.17) is 15.1 Å². The average Bonchev–Trinajstić information content (AvgIpc) is 2.29. The largest absolute Gasteiger partial charge is 0.496 e. The van der Waals surface area contributed by atoms with Gasteiger partial charge in [0.05, 0.1) is 13.2 Å². The molecule has 0 bridgehead atoms. The molecule has 0 radical (unpaired) electrons. The first kappa shape index (κ1) is 13.0. The molecule has 0 fully saturated rings. The maximum Gasteiger partial charge on any atom is 0.325 e. The summed E-state index contributed by atoms with van der Waals surface area (Å²) >= 11 is 0. The van der Waals surface area contributed by atoms with Crippen molar-refractivity contribution in [2.45, 2.75) is 25.7 Å². The summed E-state index contributed by atoms with van der Waals surface area (Å²) in [7, 11) is 1.57. The van der Waals surface area contributed by atoms with Gasteiger partial charge in [0.2, 0.25) is 0 Å². The van der Waals surface area contributed by atoms with E-state index in [1.807, 2.05) is 13.8 Å². The van der Waals surface area contributed by atoms with Crippen LogP contribution in [-0.4, -0.2) is 18.2 Å². The fraction of sp³-hybridized carbons (Fsp3) is 0.385. The molecule has 1 unspecified atom stereocenters. The standard InChI is InChI=1S/C13H15NO3/c1-8(2)10-6-9(4-5-12(10)17-3)11(7-14)13(15)16/h4-6,8,11H,1-3H3,(H,15,16). The maximum absolute atomic E-state index is 10.9. The molecule has 0 aromatic heterocycles. The van der Waals surface area contributed by atoms with Crippen molar-refractivity contribution < 1.29 is 14.6 Å². The zero-order chi connectivity index (χ0) is 13.0. The van der Waals surface area contributed by atoms with Crippen LogP contribution in [0.15, 0.2) is 18.2 Å². The van der Waals surface area contributed by atoms with Crippen molar-refractivity contribution in [1.29, 1.82) is 5.26 Å². The van der Waals surface area contributed by atoms with E-state index in [1.54, 1.807) is 31.4 Å². The van der Waals surface area contributed by atoms with E-state index in [1.165, 1.54) is 0 Å². The van der Waals surface area contributed by atoms with Crippen molar-refractivity contribution in [1.82, 2.24) is 0 Å². The highest BCUT2D eigenvalue weighted by Gasteiger charge is 2.20. The summed E-state index contributed by atoms with van der Waals surface area (Å²) in [6.45, 7) is 3.98. The molecule has 0 aliphatic heterocycles. The van der Waals surface area contributed by atoms with Gasteiger partial charge in [0, 0.05) is 0 Å². The zero-order valence-electron chi connectivity index (χ0n) is 10.1. The van der Waals surface area contributed by atoms with Gasteiger partial charge in [-0.3, -0.25) is 4.79 Å². The van der Waals surface area contributed by atoms with Crippen LogP contribution in [0.5, 0.6) is 5.75 Å². The number of carboxylic acids is 1. The van der Waals surface area contributed by atoms with Crippen molar-refractivity contribution in [3.8, 4) is 11.8 Å². The molecule has 0 amide bonds. The molecule has 1 aromatic rings. The van der Waals surface area contributed by atoms with E-state index < -0.39 is 11.9 Å². The summed E-state index contributed by atoms with van der Waals surface area (Å²) in [5, 5.41) is 17.8. The molecule has 4 nitrogen and oxygen atoms in total. The summed E-state index contributed by atoms with van der Waals surface area (Å²) in [5.41, 5.74) is 1.40. The topological polar surface area (TPSA) is 70.3 Å². The Morgan fingerprint density at radius 2 is 2.12 bits per heavy atom. The lowest BCUT2D eigenvalue weighted by Crippen LogP contribution is -2.10. The van der Waals surface area contributed by atoms with Crippen molar-refractivity contribution in [3.63, 3.8) is 0 Å². The number of hydrogen-bond acceptors (Lipinski definition) is 3. The normalized spacial score (nSPS) is 11.9. The Hall–Kier alpha value is -2.02. The zero-order valence-corrected chi connectivity index (χ0v) is 10.1. The van der Waals surface area contributed by atoms with Gasteiger partial charge < -0.3 is 9.84 Å². The van der Waals surface area contributed by atoms with Crippen LogP contribution in [0.2, 0.25) is 0 Å². The van der Waals surface area contributed by atoms with E-state index in [2.05, 4.69) is 0 Å². The molecule has 0 saturated heterocycles. The van der Waals surface area contributed by atoms with Gasteiger partial charge in [-0.05, 0) is 29.2 Å². The lowest BCUT2D eigenvalue weighted by Gasteiger charge is -2.14. The van der Waals surface area contributed by atoms with Gasteiger partial charge in [0.1, 0.15) is 5.75 Å². The summed E-state index contributed by atoms with van der Waals surface area (Å²) in [6, 6.07) is 6.83. The molecule has 4 heteroatoms. The minimum Gasteiger partial charge on any atom is -0.496 e. The predicted octanol–water partition coefficient (Wildman–Crippen LogP) is 2.51. The van der Waals surface area contributed by atoms with Gasteiger partial charge >= 0.3 is 5.97 Å². The fourth-order valence-corrected chi connectivity index (χ4v) is 1.66. The van der Waals surface area contributed by atoms with E-state index in [-0.39, 0.29) is 5.92 Å². The summed E-state index contributed by atoms with van der Waals surface area (Å²) in [5.74, 6) is -1.34. The minimum absolute atomic E-state index is 0.207. The molecule has 90 valence electrons. The Bertz CT molecular complexity index is 460. The van der Waals surface area contributed by atoms with E-state index >= 15 is 0 Å². The van der Waals surface area contributed by atoms with Crippen LogP contribution in [0.1, 0.15) is 36.8 Å². The third kappa shape index (κ3) is 2.76. The molecule has 0 saturated carbocycles. The van der Waals surface area contributed by atoms with Gasteiger partial charge in [-0.2, -0.15) is 5.26 Å². The lowest BCUT2D eigenvalue weighted by atomic mass is 9.94. The highest BCUT2D eigenvalue weighted by atomic mass is 16.5. The monoisotopic (exact) mass is 233 g/mol. The van der Waals surface area contributed by atoms with Crippen molar-refractivity contribution in [3.05, 3.63) is 29.3 Å². The van der Waals surface area contributed by atoms with Crippen molar-refractivity contribution in [2.75, 3.05) is 7.11 Å². The molecular weight excluding hydrogens is 218 g/mol. The summed E-state index contributed by atoms with van der Waals surface area (Å²) < 4.78 is 5.21. The van der Waals surface area contributed by atoms with Gasteiger partial charge in [-0.15, -0.1) is 0 Å². The quantitative estimate of drug-likeness (QED) is 0.867. The van der Waals surface area contributed by atoms with Gasteiger partial charge in [0.25, 0.3) is 0 Å². The summed E-state index contributed by atoms with van der Waals surface area (Å²) in [4.78, 5) is 10.9. The van der Waals surface area contributed by atoms with Crippen LogP contribution in [-0.2, 0) is 4.79 Å². The maximum atomic E-state index is 10.9. The first-order valence-corrected chi connectivity index (χ1v) is 5.31. The predicted molar refractivity (Wildman–Crippen MR) is 63.1 cm³/mol. The first-order chi connectivity index (χ1) is 8.01. The number of carbonyl (C=O) groups is 1. The Balaban J connectivity index is 3.25. The van der Waals surface area contributed by atoms with Crippen LogP contribution >= 0.6 is 0 Å². The number of nitrogens with zero attached hydrogens (tertiary/aromatic N) is 1. The Morgan fingerprint density at radius 1 is 1.47 bits per heavy atom. The number of aliphatic carboxylic acids is 1. The second-order valence-electron chi connectivity index (χ2n) is 4.06. The third-order valence-electron chi connectivity index (χ3n) is 2.59. The first-order valence-electron chi connectivity index (χ1n) is 5.31. The number of methoxy groups -OCH3 is 1. The Labute approximate surface area is 100 Å². The number of benzene rings is 1. The molecule has 0 spiro atoms. The van der Waals surface area contributed by atoms with E-state index in [0.29, 0.717) is 11.3 Å². The van der Waals surface area contributed by atoms with E-state index in [9.17, 15) is 4.79 Å². The van der Waals surface area contributed by atoms with Gasteiger partial charge in [0.15, 0.2) is 5.92 Å². The van der Waals surface area contributed by atoms with Crippen LogP contribution in [0.25, 0.3) is 0 Å². The molecule has 0 aliphatic rings. The molecule has 1 atom stereocenters. The Kier molecular flexibility index (Phi) is 4.11. The third-order valence-corrected chi connectivity index (χ3v) is 2.59. The highest BCUT2D eigenvalue weighted by Crippen LogP contribution is 2.29. The Morgan fingerprint density at radius 3 is 2.53 bits per heavy atom. The number of carboxylic acid groups (broad SMARTS) is 1. The highest BCUT2D eigenvalue weighted by molar-refractivity contribution is 5.79. The molecule has 1 rings (SSSR count). The number of nitriles is 1. The van der Waals surface area contributed by atoms with E-state index in [0.717, 1.165) is 5.56 Å². The molecule has 1 N–H and O–H groups in total. The lowest BCUT2D eigenvalue weighted by molar-refractivity contribution is -0.137. The van der Waals surface area contributed by atoms with Crippen LogP contribution in [0, 0.1) is 11.3 Å². The average molecular weight is 233 g/mol. The minimum atomic E-state index is -1.13. The van der Waals surface area contributed by atoms with Crippen LogP contribution < -0.4 is 4.74 Å². The van der Waals surface area contributed by atoms with Crippen molar-refractivity contribution in [2.24, 2.45) is 0 Å². The second kappa shape index (κ2) is 5.35. The van der Waals surface area contributed by atoms with Gasteiger partial charge in [-0.25, -0.2) is 0 Å². The molecule has 0 heterocycles. The van der Waals surface area contributed by atoms with Crippen LogP contribution in [0.3, 0.4) is 0 Å². The van der Waals surface area contributed by atoms with Crippen molar-refractivity contribution >= 4 is 5.97 Å².